The Labute approximate surface area is 75.4 Å². The minimum Gasteiger partial charge on any atom is -0.368 e. The van der Waals surface area contributed by atoms with Gasteiger partial charge in [-0.1, -0.05) is 0 Å². The number of aromatic nitrogens is 3. The molecule has 0 amide bonds. The Bertz CT molecular complexity index is 456. The zero-order chi connectivity index (χ0) is 8.84. The molecule has 1 aliphatic carbocycles. The molecule has 2 aromatic heterocycles. The highest BCUT2D eigenvalue weighted by Crippen LogP contribution is 2.37. The minimum atomic E-state index is 0.355. The summed E-state index contributed by atoms with van der Waals surface area (Å²) in [7, 11) is 0. The molecule has 13 heavy (non-hydrogen) atoms. The summed E-state index contributed by atoms with van der Waals surface area (Å²) in [6, 6.07) is 2.68. The first-order valence-corrected chi connectivity index (χ1v) is 4.43. The summed E-state index contributed by atoms with van der Waals surface area (Å²) in [4.78, 5) is 8.18. The minimum absolute atomic E-state index is 0.355. The van der Waals surface area contributed by atoms with E-state index in [2.05, 4.69) is 20.7 Å². The molecule has 3 rings (SSSR count). The smallest absolute Gasteiger partial charge is 0.221 e. The lowest BCUT2D eigenvalue weighted by Crippen LogP contribution is -1.98. The van der Waals surface area contributed by atoms with Crippen molar-refractivity contribution in [3.8, 4) is 0 Å². The van der Waals surface area contributed by atoms with Crippen molar-refractivity contribution in [1.82, 2.24) is 14.5 Å². The van der Waals surface area contributed by atoms with Crippen molar-refractivity contribution in [3.63, 3.8) is 0 Å². The van der Waals surface area contributed by atoms with E-state index in [1.165, 1.54) is 12.8 Å². The predicted octanol–water partition coefficient (Wildman–Crippen LogP) is 1.35. The van der Waals surface area contributed by atoms with Gasteiger partial charge in [0.1, 0.15) is 5.65 Å². The van der Waals surface area contributed by atoms with Crippen LogP contribution < -0.4 is 5.73 Å². The fourth-order valence-electron chi connectivity index (χ4n) is 1.60. The molecule has 0 spiro atoms. The molecular weight excluding hydrogens is 164 g/mol. The van der Waals surface area contributed by atoms with Gasteiger partial charge in [-0.15, -0.1) is 0 Å². The number of anilines is 1. The van der Waals surface area contributed by atoms with E-state index in [1.807, 2.05) is 6.07 Å². The van der Waals surface area contributed by atoms with Gasteiger partial charge in [0.25, 0.3) is 0 Å². The molecule has 4 nitrogen and oxygen atoms in total. The summed E-state index contributed by atoms with van der Waals surface area (Å²) < 4.78 is 2.19. The first-order valence-electron chi connectivity index (χ1n) is 4.43. The zero-order valence-corrected chi connectivity index (χ0v) is 7.14. The normalized spacial score (nSPS) is 16.6. The quantitative estimate of drug-likeness (QED) is 0.709. The topological polar surface area (TPSA) is 56.7 Å². The molecule has 0 aromatic carbocycles. The Morgan fingerprint density at radius 1 is 1.46 bits per heavy atom. The molecule has 0 unspecified atom stereocenters. The summed E-state index contributed by atoms with van der Waals surface area (Å²) in [5, 5.41) is 1.07. The number of nitrogens with two attached hydrogens (primary N) is 1. The van der Waals surface area contributed by atoms with Gasteiger partial charge in [0.05, 0.1) is 0 Å². The van der Waals surface area contributed by atoms with Crippen LogP contribution in [0.2, 0.25) is 0 Å². The molecule has 0 radical (unpaired) electrons. The number of nitrogen functional groups attached to an aromatic ring is 1. The number of hydrogen-bond donors (Lipinski definition) is 1. The molecule has 2 heterocycles. The molecular formula is C9H10N4. The van der Waals surface area contributed by atoms with Crippen LogP contribution in [-0.2, 0) is 0 Å². The molecule has 1 fully saturated rings. The highest BCUT2D eigenvalue weighted by Gasteiger charge is 2.24. The van der Waals surface area contributed by atoms with Gasteiger partial charge >= 0.3 is 0 Å². The van der Waals surface area contributed by atoms with Gasteiger partial charge in [-0.05, 0) is 18.9 Å². The highest BCUT2D eigenvalue weighted by atomic mass is 15.1. The lowest BCUT2D eigenvalue weighted by molar-refractivity contribution is 0.766. The van der Waals surface area contributed by atoms with E-state index < -0.39 is 0 Å². The second-order valence-electron chi connectivity index (χ2n) is 3.46. The molecule has 0 aliphatic heterocycles. The second-order valence-corrected chi connectivity index (χ2v) is 3.46. The van der Waals surface area contributed by atoms with Crippen molar-refractivity contribution in [1.29, 1.82) is 0 Å². The lowest BCUT2D eigenvalue weighted by Gasteiger charge is -2.00. The van der Waals surface area contributed by atoms with Gasteiger partial charge in [0.2, 0.25) is 5.95 Å². The number of rotatable bonds is 1. The summed E-state index contributed by atoms with van der Waals surface area (Å²) in [6.07, 6.45) is 6.36. The van der Waals surface area contributed by atoms with Gasteiger partial charge in [-0.2, -0.15) is 4.98 Å². The SMILES string of the molecule is Nc1ncc2ccn(C3CC3)c2n1. The van der Waals surface area contributed by atoms with Gasteiger partial charge in [0, 0.05) is 23.8 Å². The van der Waals surface area contributed by atoms with Crippen molar-refractivity contribution in [2.24, 2.45) is 0 Å². The third kappa shape index (κ3) is 0.983. The number of fused-ring (bicyclic) bond motifs is 1. The van der Waals surface area contributed by atoms with Crippen molar-refractivity contribution < 1.29 is 0 Å². The van der Waals surface area contributed by atoms with E-state index in [0.29, 0.717) is 12.0 Å². The molecule has 1 saturated carbocycles. The van der Waals surface area contributed by atoms with Gasteiger partial charge < -0.3 is 10.3 Å². The van der Waals surface area contributed by atoms with E-state index in [1.54, 1.807) is 6.20 Å². The van der Waals surface area contributed by atoms with Gasteiger partial charge in [-0.25, -0.2) is 4.98 Å². The molecule has 4 heteroatoms. The third-order valence-electron chi connectivity index (χ3n) is 2.41. The zero-order valence-electron chi connectivity index (χ0n) is 7.14. The summed E-state index contributed by atoms with van der Waals surface area (Å²) in [5.74, 6) is 0.355. The summed E-state index contributed by atoms with van der Waals surface area (Å²) in [5.41, 5.74) is 6.50. The Balaban J connectivity index is 2.29. The average molecular weight is 174 g/mol. The van der Waals surface area contributed by atoms with Gasteiger partial charge in [-0.3, -0.25) is 0 Å². The van der Waals surface area contributed by atoms with E-state index in [9.17, 15) is 0 Å². The van der Waals surface area contributed by atoms with Crippen LogP contribution in [0.15, 0.2) is 18.5 Å². The maximum Gasteiger partial charge on any atom is 0.221 e. The Hall–Kier alpha value is -1.58. The summed E-state index contributed by atoms with van der Waals surface area (Å²) >= 11 is 0. The molecule has 2 aromatic rings. The maximum absolute atomic E-state index is 5.54. The molecule has 0 bridgehead atoms. The van der Waals surface area contributed by atoms with E-state index in [4.69, 9.17) is 5.73 Å². The van der Waals surface area contributed by atoms with E-state index in [-0.39, 0.29) is 0 Å². The first kappa shape index (κ1) is 6.88. The first-order chi connectivity index (χ1) is 6.34. The van der Waals surface area contributed by atoms with Crippen molar-refractivity contribution in [3.05, 3.63) is 18.5 Å². The van der Waals surface area contributed by atoms with Gasteiger partial charge in [0.15, 0.2) is 0 Å². The fraction of sp³-hybridized carbons (Fsp3) is 0.333. The van der Waals surface area contributed by atoms with Crippen LogP contribution in [0.5, 0.6) is 0 Å². The number of hydrogen-bond acceptors (Lipinski definition) is 3. The second kappa shape index (κ2) is 2.22. The van der Waals surface area contributed by atoms with Crippen LogP contribution in [0.1, 0.15) is 18.9 Å². The molecule has 66 valence electrons. The lowest BCUT2D eigenvalue weighted by atomic mass is 10.4. The molecule has 0 atom stereocenters. The van der Waals surface area contributed by atoms with Crippen molar-refractivity contribution >= 4 is 17.0 Å². The Kier molecular flexibility index (Phi) is 1.17. The standard InChI is InChI=1S/C9H10N4/c10-9-11-5-6-3-4-13(7-1-2-7)8(6)12-9/h3-5,7H,1-2H2,(H2,10,11,12). The Morgan fingerprint density at radius 2 is 2.31 bits per heavy atom. The van der Waals surface area contributed by atoms with Crippen LogP contribution >= 0.6 is 0 Å². The number of nitrogens with zero attached hydrogens (tertiary/aromatic N) is 3. The average Bonchev–Trinajstić information content (AvgIpc) is 2.87. The monoisotopic (exact) mass is 174 g/mol. The van der Waals surface area contributed by atoms with Crippen LogP contribution in [0, 0.1) is 0 Å². The van der Waals surface area contributed by atoms with Crippen LogP contribution in [0.4, 0.5) is 5.95 Å². The predicted molar refractivity (Wildman–Crippen MR) is 50.2 cm³/mol. The molecule has 1 aliphatic rings. The van der Waals surface area contributed by atoms with E-state index >= 15 is 0 Å². The van der Waals surface area contributed by atoms with Crippen molar-refractivity contribution in [2.45, 2.75) is 18.9 Å². The Morgan fingerprint density at radius 3 is 3.08 bits per heavy atom. The molecule has 2 N–H and O–H groups in total. The fourth-order valence-corrected chi connectivity index (χ4v) is 1.60. The largest absolute Gasteiger partial charge is 0.368 e. The van der Waals surface area contributed by atoms with Crippen LogP contribution in [-0.4, -0.2) is 14.5 Å². The third-order valence-corrected chi connectivity index (χ3v) is 2.41. The summed E-state index contributed by atoms with van der Waals surface area (Å²) in [6.45, 7) is 0. The highest BCUT2D eigenvalue weighted by molar-refractivity contribution is 5.76. The van der Waals surface area contributed by atoms with E-state index in [0.717, 1.165) is 11.0 Å². The maximum atomic E-state index is 5.54. The van der Waals surface area contributed by atoms with Crippen LogP contribution in [0.25, 0.3) is 11.0 Å². The van der Waals surface area contributed by atoms with Crippen LogP contribution in [0.3, 0.4) is 0 Å². The molecule has 0 saturated heterocycles. The van der Waals surface area contributed by atoms with Crippen molar-refractivity contribution in [2.75, 3.05) is 5.73 Å².